The van der Waals surface area contributed by atoms with E-state index in [0.717, 1.165) is 17.7 Å². The molecular formula is C12H13NO3S2. The number of thiophene rings is 1. The Morgan fingerprint density at radius 2 is 2.22 bits per heavy atom. The summed E-state index contributed by atoms with van der Waals surface area (Å²) in [4.78, 5) is 26.3. The summed E-state index contributed by atoms with van der Waals surface area (Å²) >= 11 is 2.78. The van der Waals surface area contributed by atoms with Crippen LogP contribution in [-0.2, 0) is 9.59 Å². The predicted octanol–water partition coefficient (Wildman–Crippen LogP) is 1.98. The second kappa shape index (κ2) is 4.59. The molecule has 0 aromatic carbocycles. The maximum atomic E-state index is 12.1. The van der Waals surface area contributed by atoms with Crippen molar-refractivity contribution >= 4 is 35.0 Å². The van der Waals surface area contributed by atoms with Crippen molar-refractivity contribution in [2.24, 2.45) is 0 Å². The molecule has 1 N–H and O–H groups in total. The predicted molar refractivity (Wildman–Crippen MR) is 70.8 cm³/mol. The van der Waals surface area contributed by atoms with Crippen LogP contribution in [0.1, 0.15) is 23.8 Å². The number of carbonyl (C=O) groups excluding carboxylic acids is 1. The maximum Gasteiger partial charge on any atom is 0.319 e. The van der Waals surface area contributed by atoms with Gasteiger partial charge in [0.05, 0.1) is 11.8 Å². The molecule has 96 valence electrons. The maximum absolute atomic E-state index is 12.1. The van der Waals surface area contributed by atoms with E-state index >= 15 is 0 Å². The van der Waals surface area contributed by atoms with Gasteiger partial charge in [-0.25, -0.2) is 0 Å². The Morgan fingerprint density at radius 1 is 1.44 bits per heavy atom. The van der Waals surface area contributed by atoms with Gasteiger partial charge in [0.15, 0.2) is 0 Å². The number of amides is 1. The molecule has 1 amide bonds. The lowest BCUT2D eigenvalue weighted by Gasteiger charge is -2.38. The highest BCUT2D eigenvalue weighted by Crippen LogP contribution is 2.44. The Bertz CT molecular complexity index is 470. The molecule has 0 radical (unpaired) electrons. The van der Waals surface area contributed by atoms with Gasteiger partial charge in [-0.2, -0.15) is 0 Å². The van der Waals surface area contributed by atoms with E-state index in [1.165, 1.54) is 23.1 Å². The highest BCUT2D eigenvalue weighted by atomic mass is 32.2. The molecule has 0 unspecified atom stereocenters. The van der Waals surface area contributed by atoms with E-state index in [4.69, 9.17) is 0 Å². The SMILES string of the molecule is O=C(O)[C@H]1SCC(=O)N(C2CC2)[C@@H]1c1cccs1. The Labute approximate surface area is 113 Å². The van der Waals surface area contributed by atoms with Crippen LogP contribution in [0.25, 0.3) is 0 Å². The van der Waals surface area contributed by atoms with Crippen molar-refractivity contribution in [1.29, 1.82) is 0 Å². The summed E-state index contributed by atoms with van der Waals surface area (Å²) < 4.78 is 0. The van der Waals surface area contributed by atoms with Crippen LogP contribution in [0.15, 0.2) is 17.5 Å². The largest absolute Gasteiger partial charge is 0.480 e. The molecule has 0 bridgehead atoms. The van der Waals surface area contributed by atoms with Crippen LogP contribution in [0.4, 0.5) is 0 Å². The molecule has 3 rings (SSSR count). The van der Waals surface area contributed by atoms with Crippen LogP contribution >= 0.6 is 23.1 Å². The monoisotopic (exact) mass is 283 g/mol. The quantitative estimate of drug-likeness (QED) is 0.921. The lowest BCUT2D eigenvalue weighted by Crippen LogP contribution is -2.48. The fourth-order valence-corrected chi connectivity index (χ4v) is 4.38. The summed E-state index contributed by atoms with van der Waals surface area (Å²) in [6.45, 7) is 0. The molecule has 0 spiro atoms. The molecular weight excluding hydrogens is 270 g/mol. The van der Waals surface area contributed by atoms with Crippen LogP contribution in [-0.4, -0.2) is 38.9 Å². The number of thioether (sulfide) groups is 1. The van der Waals surface area contributed by atoms with Gasteiger partial charge in [-0.15, -0.1) is 23.1 Å². The molecule has 1 aromatic heterocycles. The number of carbonyl (C=O) groups is 2. The van der Waals surface area contributed by atoms with E-state index < -0.39 is 11.2 Å². The third-order valence-corrected chi connectivity index (χ3v) is 5.45. The smallest absolute Gasteiger partial charge is 0.319 e. The average Bonchev–Trinajstić information content (AvgIpc) is 3.03. The summed E-state index contributed by atoms with van der Waals surface area (Å²) in [6.07, 6.45) is 2.01. The van der Waals surface area contributed by atoms with Gasteiger partial charge in [-0.3, -0.25) is 9.59 Å². The van der Waals surface area contributed by atoms with E-state index in [9.17, 15) is 14.7 Å². The second-order valence-electron chi connectivity index (χ2n) is 4.56. The second-order valence-corrected chi connectivity index (χ2v) is 6.67. The summed E-state index contributed by atoms with van der Waals surface area (Å²) in [6, 6.07) is 3.81. The van der Waals surface area contributed by atoms with Crippen molar-refractivity contribution in [2.45, 2.75) is 30.2 Å². The molecule has 1 aliphatic carbocycles. The molecule has 2 heterocycles. The summed E-state index contributed by atoms with van der Waals surface area (Å²) in [7, 11) is 0. The van der Waals surface area contributed by atoms with Crippen molar-refractivity contribution in [3.8, 4) is 0 Å². The van der Waals surface area contributed by atoms with Gasteiger partial charge < -0.3 is 10.0 Å². The molecule has 6 heteroatoms. The first-order valence-corrected chi connectivity index (χ1v) is 7.80. The molecule has 1 aliphatic heterocycles. The number of nitrogens with zero attached hydrogens (tertiary/aromatic N) is 1. The lowest BCUT2D eigenvalue weighted by atomic mass is 10.1. The zero-order valence-electron chi connectivity index (χ0n) is 9.61. The molecule has 1 saturated heterocycles. The normalized spacial score (nSPS) is 28.4. The van der Waals surface area contributed by atoms with Gasteiger partial charge in [-0.05, 0) is 24.3 Å². The third-order valence-electron chi connectivity index (χ3n) is 3.28. The van der Waals surface area contributed by atoms with Crippen LogP contribution in [0, 0.1) is 0 Å². The van der Waals surface area contributed by atoms with E-state index in [0.29, 0.717) is 0 Å². The number of hydrogen-bond acceptors (Lipinski definition) is 4. The Morgan fingerprint density at radius 3 is 2.78 bits per heavy atom. The van der Waals surface area contributed by atoms with Crippen LogP contribution in [0.2, 0.25) is 0 Å². The van der Waals surface area contributed by atoms with Crippen molar-refractivity contribution in [3.63, 3.8) is 0 Å². The molecule has 4 nitrogen and oxygen atoms in total. The molecule has 18 heavy (non-hydrogen) atoms. The minimum atomic E-state index is -0.823. The van der Waals surface area contributed by atoms with Gasteiger partial charge in [0.25, 0.3) is 0 Å². The Hall–Kier alpha value is -1.01. The van der Waals surface area contributed by atoms with Crippen molar-refractivity contribution < 1.29 is 14.7 Å². The first kappa shape index (κ1) is 12.0. The fraction of sp³-hybridized carbons (Fsp3) is 0.500. The minimum absolute atomic E-state index is 0.0819. The highest BCUT2D eigenvalue weighted by Gasteiger charge is 2.47. The van der Waals surface area contributed by atoms with Gasteiger partial charge in [0.2, 0.25) is 5.91 Å². The van der Waals surface area contributed by atoms with Crippen LogP contribution in [0.3, 0.4) is 0 Å². The standard InChI is InChI=1S/C12H13NO3S2/c14-9-6-18-11(12(15)16)10(8-2-1-5-17-8)13(9)7-3-4-7/h1-2,5,7,10-11H,3-4,6H2,(H,15,16)/t10-,11+/m1/s1. The van der Waals surface area contributed by atoms with Crippen molar-refractivity contribution in [3.05, 3.63) is 22.4 Å². The van der Waals surface area contributed by atoms with E-state index in [2.05, 4.69) is 0 Å². The number of carboxylic acid groups (broad SMARTS) is 1. The average molecular weight is 283 g/mol. The van der Waals surface area contributed by atoms with Crippen LogP contribution < -0.4 is 0 Å². The summed E-state index contributed by atoms with van der Waals surface area (Å²) in [5, 5.41) is 10.8. The number of carboxylic acids is 1. The first-order chi connectivity index (χ1) is 8.68. The Balaban J connectivity index is 1.98. The molecule has 1 aromatic rings. The lowest BCUT2D eigenvalue weighted by molar-refractivity contribution is -0.140. The zero-order valence-corrected chi connectivity index (χ0v) is 11.2. The van der Waals surface area contributed by atoms with Crippen molar-refractivity contribution in [2.75, 3.05) is 5.75 Å². The molecule has 1 saturated carbocycles. The van der Waals surface area contributed by atoms with Gasteiger partial charge in [0, 0.05) is 10.9 Å². The molecule has 2 aliphatic rings. The first-order valence-electron chi connectivity index (χ1n) is 5.87. The van der Waals surface area contributed by atoms with E-state index in [1.807, 2.05) is 22.4 Å². The van der Waals surface area contributed by atoms with Crippen molar-refractivity contribution in [1.82, 2.24) is 4.90 Å². The summed E-state index contributed by atoms with van der Waals surface area (Å²) in [5.41, 5.74) is 0. The minimum Gasteiger partial charge on any atom is -0.480 e. The van der Waals surface area contributed by atoms with Gasteiger partial charge in [-0.1, -0.05) is 6.07 Å². The number of aliphatic carboxylic acids is 1. The highest BCUT2D eigenvalue weighted by molar-refractivity contribution is 8.01. The fourth-order valence-electron chi connectivity index (χ4n) is 2.36. The van der Waals surface area contributed by atoms with E-state index in [-0.39, 0.29) is 23.7 Å². The van der Waals surface area contributed by atoms with Crippen LogP contribution in [0.5, 0.6) is 0 Å². The van der Waals surface area contributed by atoms with E-state index in [1.54, 1.807) is 0 Å². The van der Waals surface area contributed by atoms with Gasteiger partial charge >= 0.3 is 5.97 Å². The topological polar surface area (TPSA) is 57.6 Å². The molecule has 2 atom stereocenters. The third kappa shape index (κ3) is 2.03. The van der Waals surface area contributed by atoms with Gasteiger partial charge in [0.1, 0.15) is 5.25 Å². The number of rotatable bonds is 3. The molecule has 2 fully saturated rings. The Kier molecular flexibility index (Phi) is 3.07. The number of hydrogen-bond donors (Lipinski definition) is 1. The summed E-state index contributed by atoms with van der Waals surface area (Å²) in [5.74, 6) is -0.454. The zero-order chi connectivity index (χ0) is 12.7.